The molecule has 4 nitrogen and oxygen atoms in total. The first kappa shape index (κ1) is 20.5. The fraction of sp³-hybridized carbons (Fsp3) is 0.226. The van der Waals surface area contributed by atoms with E-state index in [0.29, 0.717) is 0 Å². The monoisotopic (exact) mass is 460 g/mol. The van der Waals surface area contributed by atoms with Crippen molar-refractivity contribution in [3.8, 4) is 17.1 Å². The molecule has 3 heterocycles. The van der Waals surface area contributed by atoms with Gasteiger partial charge in [-0.1, -0.05) is 77.1 Å². The summed E-state index contributed by atoms with van der Waals surface area (Å²) in [6, 6.07) is 24.6. The van der Waals surface area contributed by atoms with Crippen molar-refractivity contribution in [2.24, 2.45) is 0 Å². The predicted octanol–water partition coefficient (Wildman–Crippen LogP) is 8.41. The first-order valence-corrected chi connectivity index (χ1v) is 12.0. The second kappa shape index (κ2) is 7.81. The van der Waals surface area contributed by atoms with Crippen LogP contribution in [0.5, 0.6) is 0 Å². The molecule has 0 amide bonds. The molecule has 0 saturated carbocycles. The molecule has 0 bridgehead atoms. The second-order valence-corrected chi connectivity index (χ2v) is 10.4. The van der Waals surface area contributed by atoms with Crippen molar-refractivity contribution in [3.05, 3.63) is 90.1 Å². The summed E-state index contributed by atoms with van der Waals surface area (Å²) in [5.74, 6) is 0.0914. The average Bonchev–Trinajstić information content (AvgIpc) is 3.41. The highest BCUT2D eigenvalue weighted by atomic mass is 16.3. The lowest BCUT2D eigenvalue weighted by Crippen LogP contribution is -2.11. The fourth-order valence-electron chi connectivity index (χ4n) is 4.66. The summed E-state index contributed by atoms with van der Waals surface area (Å²) in [5, 5.41) is 2.07. The van der Waals surface area contributed by atoms with E-state index in [0.717, 1.165) is 61.3 Å². The average molecular weight is 461 g/mol. The lowest BCUT2D eigenvalue weighted by molar-refractivity contribution is 0.588. The third-order valence-electron chi connectivity index (χ3n) is 6.69. The van der Waals surface area contributed by atoms with E-state index in [2.05, 4.69) is 67.8 Å². The molecule has 3 aromatic carbocycles. The van der Waals surface area contributed by atoms with E-state index in [-0.39, 0.29) is 5.41 Å². The third kappa shape index (κ3) is 3.52. The minimum Gasteiger partial charge on any atom is -0.455 e. The highest BCUT2D eigenvalue weighted by Crippen LogP contribution is 2.38. The molecule has 4 heteroatoms. The third-order valence-corrected chi connectivity index (χ3v) is 6.69. The van der Waals surface area contributed by atoms with E-state index < -0.39 is 5.89 Å². The van der Waals surface area contributed by atoms with Gasteiger partial charge in [-0.3, -0.25) is 4.57 Å². The summed E-state index contributed by atoms with van der Waals surface area (Å²) in [4.78, 5) is 10.0. The SMILES string of the molecule is [2H]C(C)(C)c1ccc2c(c1)oc1c(-c3nc4cc(C(C)(C)C)cnc4n3-c3ccccc3)cccc12. The number of rotatable bonds is 3. The molecule has 6 rings (SSSR count). The number of para-hydroxylation sites is 2. The van der Waals surface area contributed by atoms with Crippen molar-refractivity contribution < 1.29 is 5.79 Å². The van der Waals surface area contributed by atoms with Gasteiger partial charge in [0.25, 0.3) is 0 Å². The Morgan fingerprint density at radius 2 is 1.71 bits per heavy atom. The molecule has 0 atom stereocenters. The zero-order valence-corrected chi connectivity index (χ0v) is 20.8. The molecule has 0 fully saturated rings. The van der Waals surface area contributed by atoms with Gasteiger partial charge in [-0.15, -0.1) is 0 Å². The van der Waals surface area contributed by atoms with Gasteiger partial charge < -0.3 is 4.42 Å². The molecule has 0 unspecified atom stereocenters. The Balaban J connectivity index is 1.66. The van der Waals surface area contributed by atoms with E-state index in [1.807, 2.05) is 50.4 Å². The molecule has 0 aliphatic carbocycles. The Hall–Kier alpha value is -3.92. The summed E-state index contributed by atoms with van der Waals surface area (Å²) in [6.07, 6.45) is 1.96. The zero-order chi connectivity index (χ0) is 25.2. The minimum atomic E-state index is -0.701. The number of pyridine rings is 1. The van der Waals surface area contributed by atoms with E-state index >= 15 is 0 Å². The van der Waals surface area contributed by atoms with Crippen LogP contribution in [-0.2, 0) is 5.41 Å². The van der Waals surface area contributed by atoms with Gasteiger partial charge in [0.15, 0.2) is 11.5 Å². The van der Waals surface area contributed by atoms with Crippen molar-refractivity contribution in [2.45, 2.75) is 45.9 Å². The van der Waals surface area contributed by atoms with Crippen LogP contribution < -0.4 is 0 Å². The van der Waals surface area contributed by atoms with Crippen molar-refractivity contribution in [3.63, 3.8) is 0 Å². The summed E-state index contributed by atoms with van der Waals surface area (Å²) in [7, 11) is 0. The van der Waals surface area contributed by atoms with Gasteiger partial charge in [0.1, 0.15) is 16.7 Å². The van der Waals surface area contributed by atoms with Crippen LogP contribution in [0.2, 0.25) is 0 Å². The minimum absolute atomic E-state index is 0.0278. The van der Waals surface area contributed by atoms with Crippen LogP contribution in [0.15, 0.2) is 83.4 Å². The van der Waals surface area contributed by atoms with Crippen LogP contribution >= 0.6 is 0 Å². The standard InChI is InChI=1S/C31H29N3O/c1-19(2)20-14-15-23-24-12-9-13-25(28(24)35-27(23)16-20)29-33-26-17-21(31(3,4)5)18-32-30(26)34(29)22-10-7-6-8-11-22/h6-19H,1-5H3/i19D. The Kier molecular flexibility index (Phi) is 4.56. The maximum atomic E-state index is 8.44. The van der Waals surface area contributed by atoms with Gasteiger partial charge in [-0.05, 0) is 52.8 Å². The molecule has 0 saturated heterocycles. The second-order valence-electron chi connectivity index (χ2n) is 10.4. The van der Waals surface area contributed by atoms with Gasteiger partial charge in [-0.25, -0.2) is 9.97 Å². The number of hydrogen-bond acceptors (Lipinski definition) is 3. The quantitative estimate of drug-likeness (QED) is 0.266. The first-order valence-electron chi connectivity index (χ1n) is 12.5. The summed E-state index contributed by atoms with van der Waals surface area (Å²) < 4.78 is 17.0. The summed E-state index contributed by atoms with van der Waals surface area (Å²) >= 11 is 0. The van der Waals surface area contributed by atoms with E-state index in [4.69, 9.17) is 15.8 Å². The summed E-state index contributed by atoms with van der Waals surface area (Å²) in [5.41, 5.74) is 7.19. The van der Waals surface area contributed by atoms with Gasteiger partial charge in [0.2, 0.25) is 0 Å². The Morgan fingerprint density at radius 1 is 0.914 bits per heavy atom. The molecule has 6 aromatic rings. The molecular weight excluding hydrogens is 430 g/mol. The first-order chi connectivity index (χ1) is 17.1. The predicted molar refractivity (Wildman–Crippen MR) is 144 cm³/mol. The number of imidazole rings is 1. The maximum absolute atomic E-state index is 8.44. The van der Waals surface area contributed by atoms with Gasteiger partial charge in [-0.2, -0.15) is 0 Å². The summed E-state index contributed by atoms with van der Waals surface area (Å²) in [6.45, 7) is 10.3. The molecule has 0 N–H and O–H groups in total. The Bertz CT molecular complexity index is 1750. The number of benzene rings is 3. The number of aromatic nitrogens is 3. The lowest BCUT2D eigenvalue weighted by Gasteiger charge is -2.18. The molecule has 0 spiro atoms. The number of furan rings is 1. The van der Waals surface area contributed by atoms with E-state index in [1.165, 1.54) is 0 Å². The highest BCUT2D eigenvalue weighted by molar-refractivity contribution is 6.09. The molecule has 0 aliphatic heterocycles. The van der Waals surface area contributed by atoms with Crippen LogP contribution in [0.25, 0.3) is 50.2 Å². The van der Waals surface area contributed by atoms with Crippen LogP contribution in [-0.4, -0.2) is 14.5 Å². The normalized spacial score (nSPS) is 13.1. The highest BCUT2D eigenvalue weighted by Gasteiger charge is 2.22. The Labute approximate surface area is 206 Å². The van der Waals surface area contributed by atoms with Crippen molar-refractivity contribution >= 4 is 33.1 Å². The van der Waals surface area contributed by atoms with Crippen LogP contribution in [0, 0.1) is 0 Å². The molecular formula is C31H29N3O. The molecule has 0 radical (unpaired) electrons. The van der Waals surface area contributed by atoms with Crippen LogP contribution in [0.1, 0.15) is 53.0 Å². The number of nitrogens with zero attached hydrogens (tertiary/aromatic N) is 3. The molecule has 0 aliphatic rings. The van der Waals surface area contributed by atoms with Gasteiger partial charge in [0, 0.05) is 24.0 Å². The van der Waals surface area contributed by atoms with Crippen molar-refractivity contribution in [1.82, 2.24) is 14.5 Å². The Morgan fingerprint density at radius 3 is 2.46 bits per heavy atom. The zero-order valence-electron chi connectivity index (χ0n) is 21.8. The van der Waals surface area contributed by atoms with E-state index in [9.17, 15) is 0 Å². The van der Waals surface area contributed by atoms with Crippen LogP contribution in [0.3, 0.4) is 0 Å². The smallest absolute Gasteiger partial charge is 0.164 e. The van der Waals surface area contributed by atoms with E-state index in [1.54, 1.807) is 0 Å². The van der Waals surface area contributed by atoms with Crippen molar-refractivity contribution in [1.29, 1.82) is 0 Å². The topological polar surface area (TPSA) is 43.9 Å². The molecule has 35 heavy (non-hydrogen) atoms. The fourth-order valence-corrected chi connectivity index (χ4v) is 4.66. The number of hydrogen-bond donors (Lipinski definition) is 0. The van der Waals surface area contributed by atoms with Gasteiger partial charge in [0.05, 0.1) is 5.56 Å². The number of fused-ring (bicyclic) bond motifs is 4. The van der Waals surface area contributed by atoms with Gasteiger partial charge >= 0.3 is 0 Å². The molecule has 174 valence electrons. The molecule has 3 aromatic heterocycles. The van der Waals surface area contributed by atoms with Crippen molar-refractivity contribution in [2.75, 3.05) is 0 Å². The largest absolute Gasteiger partial charge is 0.455 e. The lowest BCUT2D eigenvalue weighted by atomic mass is 9.88. The maximum Gasteiger partial charge on any atom is 0.164 e. The van der Waals surface area contributed by atoms with Crippen LogP contribution in [0.4, 0.5) is 0 Å².